The second-order valence-electron chi connectivity index (χ2n) is 1.95. The van der Waals surface area contributed by atoms with Crippen LogP contribution in [0, 0.1) is 12.3 Å². The van der Waals surface area contributed by atoms with Gasteiger partial charge in [-0.25, -0.2) is 4.98 Å². The summed E-state index contributed by atoms with van der Waals surface area (Å²) in [4.78, 5) is 7.90. The minimum absolute atomic E-state index is 0.911. The molecule has 0 unspecified atom stereocenters. The van der Waals surface area contributed by atoms with Crippen molar-refractivity contribution in [1.29, 1.82) is 0 Å². The SMILES string of the molecule is [c]1[c]nc2ccncc2c1. The lowest BCUT2D eigenvalue weighted by molar-refractivity contribution is 1.32. The van der Waals surface area contributed by atoms with Gasteiger partial charge < -0.3 is 0 Å². The van der Waals surface area contributed by atoms with Crippen LogP contribution in [-0.2, 0) is 0 Å². The molecule has 2 heterocycles. The molecule has 2 aromatic heterocycles. The highest BCUT2D eigenvalue weighted by molar-refractivity contribution is 5.76. The van der Waals surface area contributed by atoms with Gasteiger partial charge in [-0.15, -0.1) is 0 Å². The third-order valence-corrected chi connectivity index (χ3v) is 1.30. The average Bonchev–Trinajstić information content (AvgIpc) is 2.05. The number of rotatable bonds is 0. The highest BCUT2D eigenvalue weighted by Crippen LogP contribution is 2.05. The smallest absolute Gasteiger partial charge is 0.0979 e. The van der Waals surface area contributed by atoms with Crippen molar-refractivity contribution >= 4 is 10.9 Å². The van der Waals surface area contributed by atoms with Crippen LogP contribution < -0.4 is 0 Å². The number of fused-ring (bicyclic) bond motifs is 1. The van der Waals surface area contributed by atoms with E-state index in [2.05, 4.69) is 22.2 Å². The molecule has 0 aliphatic rings. The summed E-state index contributed by atoms with van der Waals surface area (Å²) >= 11 is 0. The van der Waals surface area contributed by atoms with E-state index in [-0.39, 0.29) is 0 Å². The van der Waals surface area contributed by atoms with Crippen molar-refractivity contribution in [2.45, 2.75) is 0 Å². The normalized spacial score (nSPS) is 10.0. The Balaban J connectivity index is 2.89. The summed E-state index contributed by atoms with van der Waals surface area (Å²) in [7, 11) is 0. The maximum Gasteiger partial charge on any atom is 0.0979 e. The molecule has 2 heteroatoms. The standard InChI is InChI=1S/C8H4N2/c1-2-7-6-9-5-3-8(7)10-4-1/h2-3,5-6H. The number of pyridine rings is 2. The van der Waals surface area contributed by atoms with E-state index >= 15 is 0 Å². The maximum absolute atomic E-state index is 3.96. The second kappa shape index (κ2) is 2.06. The van der Waals surface area contributed by atoms with Crippen molar-refractivity contribution in [3.05, 3.63) is 36.8 Å². The van der Waals surface area contributed by atoms with Gasteiger partial charge in [0.25, 0.3) is 0 Å². The Bertz CT molecular complexity index is 278. The van der Waals surface area contributed by atoms with Crippen LogP contribution in [0.5, 0.6) is 0 Å². The molecule has 0 atom stereocenters. The van der Waals surface area contributed by atoms with E-state index in [0.717, 1.165) is 10.9 Å². The predicted molar refractivity (Wildman–Crippen MR) is 37.2 cm³/mol. The van der Waals surface area contributed by atoms with Crippen molar-refractivity contribution in [2.75, 3.05) is 0 Å². The molecule has 2 rings (SSSR count). The summed E-state index contributed by atoms with van der Waals surface area (Å²) in [5, 5.41) is 1.00. The zero-order valence-electron chi connectivity index (χ0n) is 5.20. The Morgan fingerprint density at radius 1 is 1.40 bits per heavy atom. The van der Waals surface area contributed by atoms with Crippen LogP contribution in [0.4, 0.5) is 0 Å². The first kappa shape index (κ1) is 5.35. The molecule has 0 aromatic carbocycles. The van der Waals surface area contributed by atoms with Crippen molar-refractivity contribution in [3.63, 3.8) is 0 Å². The van der Waals surface area contributed by atoms with Crippen LogP contribution in [0.3, 0.4) is 0 Å². The fourth-order valence-electron chi connectivity index (χ4n) is 0.815. The first-order chi connectivity index (χ1) is 4.97. The van der Waals surface area contributed by atoms with Crippen molar-refractivity contribution in [1.82, 2.24) is 9.97 Å². The van der Waals surface area contributed by atoms with E-state index in [9.17, 15) is 0 Å². The van der Waals surface area contributed by atoms with Crippen LogP contribution in [-0.4, -0.2) is 9.97 Å². The third kappa shape index (κ3) is 0.739. The van der Waals surface area contributed by atoms with Crippen molar-refractivity contribution < 1.29 is 0 Å². The van der Waals surface area contributed by atoms with E-state index in [4.69, 9.17) is 0 Å². The Morgan fingerprint density at radius 3 is 3.30 bits per heavy atom. The minimum Gasteiger partial charge on any atom is -0.264 e. The Morgan fingerprint density at radius 2 is 2.40 bits per heavy atom. The van der Waals surface area contributed by atoms with E-state index in [0.29, 0.717) is 0 Å². The van der Waals surface area contributed by atoms with E-state index in [1.807, 2.05) is 12.1 Å². The molecule has 0 saturated carbocycles. The lowest BCUT2D eigenvalue weighted by atomic mass is 10.3. The van der Waals surface area contributed by atoms with Gasteiger partial charge in [-0.2, -0.15) is 0 Å². The van der Waals surface area contributed by atoms with Crippen LogP contribution >= 0.6 is 0 Å². The molecule has 46 valence electrons. The van der Waals surface area contributed by atoms with Gasteiger partial charge in [0.15, 0.2) is 0 Å². The Labute approximate surface area is 58.6 Å². The zero-order chi connectivity index (χ0) is 6.81. The van der Waals surface area contributed by atoms with Crippen LogP contribution in [0.25, 0.3) is 10.9 Å². The second-order valence-corrected chi connectivity index (χ2v) is 1.95. The Hall–Kier alpha value is -1.44. The molecule has 2 nitrogen and oxygen atoms in total. The summed E-state index contributed by atoms with van der Waals surface area (Å²) < 4.78 is 0. The summed E-state index contributed by atoms with van der Waals surface area (Å²) in [6.45, 7) is 0. The monoisotopic (exact) mass is 128 g/mol. The molecule has 2 aromatic rings. The molecule has 0 amide bonds. The highest BCUT2D eigenvalue weighted by atomic mass is 14.7. The lowest BCUT2D eigenvalue weighted by Crippen LogP contribution is -1.77. The largest absolute Gasteiger partial charge is 0.264 e. The molecule has 0 fully saturated rings. The van der Waals surface area contributed by atoms with Crippen LogP contribution in [0.1, 0.15) is 0 Å². The molecule has 0 saturated heterocycles. The minimum atomic E-state index is 0.911. The number of hydrogen-bond acceptors (Lipinski definition) is 2. The van der Waals surface area contributed by atoms with Gasteiger partial charge in [-0.1, -0.05) is 0 Å². The van der Waals surface area contributed by atoms with Gasteiger partial charge in [0.1, 0.15) is 0 Å². The van der Waals surface area contributed by atoms with Gasteiger partial charge in [0.05, 0.1) is 11.7 Å². The summed E-state index contributed by atoms with van der Waals surface area (Å²) in [5.74, 6) is 0. The Kier molecular flexibility index (Phi) is 1.10. The fourth-order valence-corrected chi connectivity index (χ4v) is 0.815. The molecule has 0 spiro atoms. The first-order valence-corrected chi connectivity index (χ1v) is 2.95. The predicted octanol–water partition coefficient (Wildman–Crippen LogP) is 1.23. The van der Waals surface area contributed by atoms with Gasteiger partial charge in [0, 0.05) is 23.8 Å². The van der Waals surface area contributed by atoms with Crippen LogP contribution in [0.2, 0.25) is 0 Å². The fraction of sp³-hybridized carbons (Fsp3) is 0. The zero-order valence-corrected chi connectivity index (χ0v) is 5.20. The molecule has 0 aliphatic heterocycles. The number of aromatic nitrogens is 2. The average molecular weight is 128 g/mol. The summed E-state index contributed by atoms with van der Waals surface area (Å²) in [6.07, 6.45) is 6.10. The number of nitrogens with zero attached hydrogens (tertiary/aromatic N) is 2. The molecule has 0 N–H and O–H groups in total. The van der Waals surface area contributed by atoms with Crippen molar-refractivity contribution in [3.8, 4) is 0 Å². The van der Waals surface area contributed by atoms with E-state index < -0.39 is 0 Å². The quantitative estimate of drug-likeness (QED) is 0.533. The molecule has 0 bridgehead atoms. The van der Waals surface area contributed by atoms with E-state index in [1.165, 1.54) is 0 Å². The lowest BCUT2D eigenvalue weighted by Gasteiger charge is -1.90. The summed E-state index contributed by atoms with van der Waals surface area (Å²) in [6, 6.07) is 6.42. The van der Waals surface area contributed by atoms with Gasteiger partial charge in [-0.05, 0) is 12.1 Å². The third-order valence-electron chi connectivity index (χ3n) is 1.30. The first-order valence-electron chi connectivity index (χ1n) is 2.95. The molecule has 0 aliphatic carbocycles. The highest BCUT2D eigenvalue weighted by Gasteiger charge is 1.88. The molecular formula is C8H4N2. The van der Waals surface area contributed by atoms with Gasteiger partial charge in [-0.3, -0.25) is 4.98 Å². The van der Waals surface area contributed by atoms with E-state index in [1.54, 1.807) is 12.4 Å². The van der Waals surface area contributed by atoms with Gasteiger partial charge in [0.2, 0.25) is 0 Å². The molecule has 10 heavy (non-hydrogen) atoms. The van der Waals surface area contributed by atoms with Crippen LogP contribution in [0.15, 0.2) is 24.5 Å². The molecule has 2 radical (unpaired) electrons. The topological polar surface area (TPSA) is 25.8 Å². The maximum atomic E-state index is 3.96. The molecular weight excluding hydrogens is 124 g/mol. The van der Waals surface area contributed by atoms with Crippen molar-refractivity contribution in [2.24, 2.45) is 0 Å². The number of hydrogen-bond donors (Lipinski definition) is 0. The van der Waals surface area contributed by atoms with Gasteiger partial charge >= 0.3 is 0 Å². The summed E-state index contributed by atoms with van der Waals surface area (Å²) in [5.41, 5.74) is 0.911.